The van der Waals surface area contributed by atoms with Gasteiger partial charge in [0.25, 0.3) is 0 Å². The Morgan fingerprint density at radius 1 is 1.18 bits per heavy atom. The van der Waals surface area contributed by atoms with E-state index in [1.165, 1.54) is 0 Å². The van der Waals surface area contributed by atoms with E-state index in [-0.39, 0.29) is 5.71 Å². The molecule has 3 N–H and O–H groups in total. The van der Waals surface area contributed by atoms with Crippen molar-refractivity contribution in [3.63, 3.8) is 0 Å². The zero-order valence-corrected chi connectivity index (χ0v) is 9.05. The lowest BCUT2D eigenvalue weighted by molar-refractivity contribution is 0.112. The van der Waals surface area contributed by atoms with Crippen LogP contribution in [-0.2, 0) is 0 Å². The van der Waals surface area contributed by atoms with Crippen LogP contribution in [0.3, 0.4) is 0 Å². The number of rotatable bonds is 2. The SMILES string of the molecule is N=C1C=C(c2ccc(C=O)cc2)C=C/C1=N/N. The van der Waals surface area contributed by atoms with Gasteiger partial charge < -0.3 is 5.84 Å². The van der Waals surface area contributed by atoms with Crippen molar-refractivity contribution in [1.82, 2.24) is 0 Å². The Morgan fingerprint density at radius 2 is 1.88 bits per heavy atom. The molecule has 1 aromatic rings. The Hall–Kier alpha value is -2.49. The average Bonchev–Trinajstić information content (AvgIpc) is 2.39. The minimum Gasteiger partial charge on any atom is -0.323 e. The smallest absolute Gasteiger partial charge is 0.150 e. The monoisotopic (exact) mass is 225 g/mol. The molecule has 0 bridgehead atoms. The maximum Gasteiger partial charge on any atom is 0.150 e. The first-order chi connectivity index (χ1) is 8.24. The highest BCUT2D eigenvalue weighted by Crippen LogP contribution is 2.19. The van der Waals surface area contributed by atoms with Gasteiger partial charge in [-0.05, 0) is 23.3 Å². The van der Waals surface area contributed by atoms with Crippen LogP contribution < -0.4 is 5.84 Å². The summed E-state index contributed by atoms with van der Waals surface area (Å²) in [4.78, 5) is 10.5. The summed E-state index contributed by atoms with van der Waals surface area (Å²) in [5, 5.41) is 11.2. The fourth-order valence-corrected chi connectivity index (χ4v) is 1.58. The van der Waals surface area contributed by atoms with Crippen LogP contribution in [0, 0.1) is 5.41 Å². The van der Waals surface area contributed by atoms with E-state index < -0.39 is 0 Å². The highest BCUT2D eigenvalue weighted by atomic mass is 16.1. The minimum atomic E-state index is 0.282. The Bertz CT molecular complexity index is 551. The van der Waals surface area contributed by atoms with Crippen LogP contribution in [0.4, 0.5) is 0 Å². The fraction of sp³-hybridized carbons (Fsp3) is 0. The Labute approximate surface area is 98.7 Å². The summed E-state index contributed by atoms with van der Waals surface area (Å²) < 4.78 is 0. The summed E-state index contributed by atoms with van der Waals surface area (Å²) in [7, 11) is 0. The fourth-order valence-electron chi connectivity index (χ4n) is 1.58. The van der Waals surface area contributed by atoms with Crippen molar-refractivity contribution in [2.75, 3.05) is 0 Å². The van der Waals surface area contributed by atoms with Crippen molar-refractivity contribution in [3.05, 3.63) is 53.6 Å². The van der Waals surface area contributed by atoms with E-state index in [1.807, 2.05) is 18.2 Å². The zero-order chi connectivity index (χ0) is 12.3. The number of allylic oxidation sites excluding steroid dienone is 4. The van der Waals surface area contributed by atoms with Gasteiger partial charge in [0.15, 0.2) is 0 Å². The van der Waals surface area contributed by atoms with Crippen LogP contribution in [-0.4, -0.2) is 17.7 Å². The molecule has 1 aromatic carbocycles. The molecule has 0 atom stereocenters. The third-order valence-corrected chi connectivity index (χ3v) is 2.52. The number of carbonyl (C=O) groups is 1. The highest BCUT2D eigenvalue weighted by molar-refractivity contribution is 6.51. The number of hydrogen-bond donors (Lipinski definition) is 2. The molecule has 4 heteroatoms. The molecule has 0 unspecified atom stereocenters. The molecule has 0 amide bonds. The van der Waals surface area contributed by atoms with Crippen LogP contribution in [0.1, 0.15) is 15.9 Å². The number of nitrogens with two attached hydrogens (primary N) is 1. The molecule has 1 aliphatic carbocycles. The molecular weight excluding hydrogens is 214 g/mol. The van der Waals surface area contributed by atoms with Gasteiger partial charge >= 0.3 is 0 Å². The standard InChI is InChI=1S/C13H11N3O/c14-12-7-11(5-6-13(12)16-15)10-3-1-9(8-17)2-4-10/h1-8,14H,15H2/b14-12?,16-13-. The molecule has 2 rings (SSSR count). The number of aldehydes is 1. The first kappa shape index (κ1) is 11.0. The molecule has 1 aliphatic rings. The second-order valence-corrected chi connectivity index (χ2v) is 3.60. The van der Waals surface area contributed by atoms with E-state index in [2.05, 4.69) is 5.10 Å². The largest absolute Gasteiger partial charge is 0.323 e. The van der Waals surface area contributed by atoms with Crippen molar-refractivity contribution < 1.29 is 4.79 Å². The molecule has 0 saturated carbocycles. The third-order valence-electron chi connectivity index (χ3n) is 2.52. The van der Waals surface area contributed by atoms with E-state index >= 15 is 0 Å². The van der Waals surface area contributed by atoms with Crippen molar-refractivity contribution >= 4 is 23.3 Å². The van der Waals surface area contributed by atoms with Crippen molar-refractivity contribution in [1.29, 1.82) is 5.41 Å². The van der Waals surface area contributed by atoms with Gasteiger partial charge in [-0.1, -0.05) is 30.3 Å². The molecule has 0 fully saturated rings. The predicted molar refractivity (Wildman–Crippen MR) is 68.3 cm³/mol. The molecule has 0 heterocycles. The lowest BCUT2D eigenvalue weighted by Crippen LogP contribution is -2.13. The highest BCUT2D eigenvalue weighted by Gasteiger charge is 2.09. The van der Waals surface area contributed by atoms with Crippen LogP contribution in [0.15, 0.2) is 47.6 Å². The van der Waals surface area contributed by atoms with Gasteiger partial charge in [-0.3, -0.25) is 10.2 Å². The van der Waals surface area contributed by atoms with Crippen LogP contribution in [0.2, 0.25) is 0 Å². The molecule has 84 valence electrons. The molecule has 0 spiro atoms. The number of hydrazone groups is 1. The Kier molecular flexibility index (Phi) is 2.96. The summed E-state index contributed by atoms with van der Waals surface area (Å²) in [5.41, 5.74) is 3.23. The lowest BCUT2D eigenvalue weighted by atomic mass is 9.97. The zero-order valence-electron chi connectivity index (χ0n) is 9.05. The molecule has 0 aromatic heterocycles. The summed E-state index contributed by atoms with van der Waals surface area (Å²) in [5.74, 6) is 5.14. The van der Waals surface area contributed by atoms with E-state index in [0.29, 0.717) is 11.3 Å². The maximum absolute atomic E-state index is 10.5. The molecule has 0 aliphatic heterocycles. The second kappa shape index (κ2) is 4.57. The van der Waals surface area contributed by atoms with Crippen molar-refractivity contribution in [2.24, 2.45) is 10.9 Å². The maximum atomic E-state index is 10.5. The Morgan fingerprint density at radius 3 is 2.41 bits per heavy atom. The van der Waals surface area contributed by atoms with E-state index in [1.54, 1.807) is 24.3 Å². The normalized spacial score (nSPS) is 17.1. The topological polar surface area (TPSA) is 79.3 Å². The van der Waals surface area contributed by atoms with Gasteiger partial charge in [0, 0.05) is 5.56 Å². The summed E-state index contributed by atoms with van der Waals surface area (Å²) in [6.45, 7) is 0. The number of benzene rings is 1. The third kappa shape index (κ3) is 2.20. The van der Waals surface area contributed by atoms with E-state index in [4.69, 9.17) is 11.3 Å². The summed E-state index contributed by atoms with van der Waals surface area (Å²) >= 11 is 0. The number of nitrogens with zero attached hydrogens (tertiary/aromatic N) is 1. The van der Waals surface area contributed by atoms with Gasteiger partial charge in [-0.2, -0.15) is 5.10 Å². The first-order valence-corrected chi connectivity index (χ1v) is 5.07. The van der Waals surface area contributed by atoms with Crippen molar-refractivity contribution in [2.45, 2.75) is 0 Å². The van der Waals surface area contributed by atoms with Gasteiger partial charge in [-0.25, -0.2) is 0 Å². The van der Waals surface area contributed by atoms with Gasteiger partial charge in [0.1, 0.15) is 12.0 Å². The number of carbonyl (C=O) groups excluding carboxylic acids is 1. The second-order valence-electron chi connectivity index (χ2n) is 3.60. The molecule has 4 nitrogen and oxygen atoms in total. The molecule has 0 saturated heterocycles. The van der Waals surface area contributed by atoms with Crippen molar-refractivity contribution in [3.8, 4) is 0 Å². The predicted octanol–water partition coefficient (Wildman–Crippen LogP) is 1.79. The Balaban J connectivity index is 2.33. The quantitative estimate of drug-likeness (QED) is 0.348. The summed E-state index contributed by atoms with van der Waals surface area (Å²) in [6.07, 6.45) is 6.04. The molecular formula is C13H11N3O. The average molecular weight is 225 g/mol. The van der Waals surface area contributed by atoms with Gasteiger partial charge in [0.2, 0.25) is 0 Å². The summed E-state index contributed by atoms with van der Waals surface area (Å²) in [6, 6.07) is 7.18. The minimum absolute atomic E-state index is 0.282. The van der Waals surface area contributed by atoms with Crippen LogP contribution in [0.25, 0.3) is 5.57 Å². The van der Waals surface area contributed by atoms with E-state index in [0.717, 1.165) is 17.4 Å². The number of hydrogen-bond acceptors (Lipinski definition) is 4. The van der Waals surface area contributed by atoms with Crippen LogP contribution >= 0.6 is 0 Å². The number of nitrogens with one attached hydrogen (secondary N) is 1. The lowest BCUT2D eigenvalue weighted by Gasteiger charge is -2.09. The van der Waals surface area contributed by atoms with E-state index in [9.17, 15) is 4.79 Å². The molecule has 17 heavy (non-hydrogen) atoms. The molecule has 0 radical (unpaired) electrons. The van der Waals surface area contributed by atoms with Crippen LogP contribution in [0.5, 0.6) is 0 Å². The first-order valence-electron chi connectivity index (χ1n) is 5.07. The van der Waals surface area contributed by atoms with Gasteiger partial charge in [0.05, 0.1) is 5.71 Å². The van der Waals surface area contributed by atoms with Gasteiger partial charge in [-0.15, -0.1) is 0 Å².